The molecule has 0 aromatic heterocycles. The van der Waals surface area contributed by atoms with Gasteiger partial charge in [-0.3, -0.25) is 0 Å². The van der Waals surface area contributed by atoms with Crippen LogP contribution in [0, 0.1) is 5.82 Å². The number of rotatable bonds is 3. The lowest BCUT2D eigenvalue weighted by atomic mass is 10.0. The first kappa shape index (κ1) is 12.7. The Balaban J connectivity index is 1.93. The van der Waals surface area contributed by atoms with Gasteiger partial charge in [0.15, 0.2) is 0 Å². The zero-order chi connectivity index (χ0) is 12.3. The first-order chi connectivity index (χ1) is 8.17. The Kier molecular flexibility index (Phi) is 4.24. The summed E-state index contributed by atoms with van der Waals surface area (Å²) in [5, 5.41) is 3.80. The molecular formula is C13H18ClFN2. The Labute approximate surface area is 107 Å². The third kappa shape index (κ3) is 3.58. The van der Waals surface area contributed by atoms with Gasteiger partial charge in [-0.2, -0.15) is 0 Å². The maximum atomic E-state index is 13.2. The summed E-state index contributed by atoms with van der Waals surface area (Å²) in [7, 11) is 0. The molecule has 1 saturated heterocycles. The monoisotopic (exact) mass is 256 g/mol. The quantitative estimate of drug-likeness (QED) is 0.892. The number of anilines is 1. The van der Waals surface area contributed by atoms with Crippen molar-refractivity contribution in [3.8, 4) is 0 Å². The van der Waals surface area contributed by atoms with Gasteiger partial charge in [-0.15, -0.1) is 0 Å². The molecule has 94 valence electrons. The first-order valence-electron chi connectivity index (χ1n) is 6.12. The highest BCUT2D eigenvalue weighted by Crippen LogP contribution is 2.21. The second-order valence-corrected chi connectivity index (χ2v) is 4.95. The second-order valence-electron chi connectivity index (χ2n) is 4.51. The summed E-state index contributed by atoms with van der Waals surface area (Å²) in [4.78, 5) is 2.43. The van der Waals surface area contributed by atoms with Crippen LogP contribution in [0.4, 0.5) is 10.1 Å². The Bertz CT molecular complexity index is 355. The molecular weight excluding hydrogens is 239 g/mol. The SMILES string of the molecule is CCN1CCC(Nc2cc(F)cc(Cl)c2)CC1. The number of nitrogens with zero attached hydrogens (tertiary/aromatic N) is 1. The van der Waals surface area contributed by atoms with E-state index in [2.05, 4.69) is 17.1 Å². The van der Waals surface area contributed by atoms with Crippen molar-refractivity contribution in [1.29, 1.82) is 0 Å². The summed E-state index contributed by atoms with van der Waals surface area (Å²) in [6.45, 7) is 5.51. The van der Waals surface area contributed by atoms with E-state index >= 15 is 0 Å². The summed E-state index contributed by atoms with van der Waals surface area (Å²) in [5.74, 6) is -0.286. The van der Waals surface area contributed by atoms with E-state index in [0.29, 0.717) is 11.1 Å². The van der Waals surface area contributed by atoms with Crippen molar-refractivity contribution in [3.63, 3.8) is 0 Å². The number of hydrogen-bond acceptors (Lipinski definition) is 2. The molecule has 1 heterocycles. The third-order valence-electron chi connectivity index (χ3n) is 3.27. The Morgan fingerprint density at radius 3 is 2.65 bits per heavy atom. The van der Waals surface area contributed by atoms with Crippen LogP contribution in [0.1, 0.15) is 19.8 Å². The lowest BCUT2D eigenvalue weighted by molar-refractivity contribution is 0.229. The number of hydrogen-bond donors (Lipinski definition) is 1. The summed E-state index contributed by atoms with van der Waals surface area (Å²) in [6, 6.07) is 5.03. The third-order valence-corrected chi connectivity index (χ3v) is 3.49. The topological polar surface area (TPSA) is 15.3 Å². The van der Waals surface area contributed by atoms with Crippen LogP contribution >= 0.6 is 11.6 Å². The van der Waals surface area contributed by atoms with E-state index in [9.17, 15) is 4.39 Å². The molecule has 0 bridgehead atoms. The predicted molar refractivity (Wildman–Crippen MR) is 70.2 cm³/mol. The zero-order valence-electron chi connectivity index (χ0n) is 10.0. The Hall–Kier alpha value is -0.800. The largest absolute Gasteiger partial charge is 0.382 e. The minimum atomic E-state index is -0.286. The van der Waals surface area contributed by atoms with Crippen molar-refractivity contribution >= 4 is 17.3 Å². The van der Waals surface area contributed by atoms with Gasteiger partial charge in [-0.1, -0.05) is 18.5 Å². The van der Waals surface area contributed by atoms with E-state index in [1.807, 2.05) is 0 Å². The molecule has 17 heavy (non-hydrogen) atoms. The van der Waals surface area contributed by atoms with Gasteiger partial charge < -0.3 is 10.2 Å². The lowest BCUT2D eigenvalue weighted by Crippen LogP contribution is -2.38. The van der Waals surface area contributed by atoms with Crippen molar-refractivity contribution in [1.82, 2.24) is 4.90 Å². The van der Waals surface area contributed by atoms with Gasteiger partial charge in [0.2, 0.25) is 0 Å². The highest BCUT2D eigenvalue weighted by Gasteiger charge is 2.17. The molecule has 4 heteroatoms. The maximum absolute atomic E-state index is 13.2. The molecule has 1 aliphatic rings. The van der Waals surface area contributed by atoms with Crippen LogP contribution in [0.3, 0.4) is 0 Å². The van der Waals surface area contributed by atoms with E-state index in [0.717, 1.165) is 38.2 Å². The minimum Gasteiger partial charge on any atom is -0.382 e. The van der Waals surface area contributed by atoms with Gasteiger partial charge in [0.05, 0.1) is 0 Å². The van der Waals surface area contributed by atoms with Crippen molar-refractivity contribution in [2.75, 3.05) is 25.0 Å². The second kappa shape index (κ2) is 5.69. The van der Waals surface area contributed by atoms with Crippen molar-refractivity contribution in [2.24, 2.45) is 0 Å². The van der Waals surface area contributed by atoms with Crippen molar-refractivity contribution in [3.05, 3.63) is 29.0 Å². The molecule has 0 spiro atoms. The van der Waals surface area contributed by atoms with E-state index < -0.39 is 0 Å². The zero-order valence-corrected chi connectivity index (χ0v) is 10.8. The van der Waals surface area contributed by atoms with Gasteiger partial charge in [-0.05, 0) is 37.6 Å². The van der Waals surface area contributed by atoms with Gasteiger partial charge in [0, 0.05) is 29.8 Å². The van der Waals surface area contributed by atoms with Gasteiger partial charge in [-0.25, -0.2) is 4.39 Å². The molecule has 1 N–H and O–H groups in total. The van der Waals surface area contributed by atoms with Crippen LogP contribution in [0.25, 0.3) is 0 Å². The molecule has 1 aliphatic heterocycles. The highest BCUT2D eigenvalue weighted by atomic mass is 35.5. The number of piperidine rings is 1. The standard InChI is InChI=1S/C13H18ClFN2/c1-2-17-5-3-12(4-6-17)16-13-8-10(14)7-11(15)9-13/h7-9,12,16H,2-6H2,1H3. The number of nitrogens with one attached hydrogen (secondary N) is 1. The van der Waals surface area contributed by atoms with Crippen molar-refractivity contribution < 1.29 is 4.39 Å². The molecule has 1 aromatic rings. The molecule has 2 nitrogen and oxygen atoms in total. The molecule has 0 radical (unpaired) electrons. The molecule has 1 fully saturated rings. The summed E-state index contributed by atoms with van der Waals surface area (Å²) in [5.41, 5.74) is 0.782. The predicted octanol–water partition coefficient (Wildman–Crippen LogP) is 3.38. The van der Waals surface area contributed by atoms with Crippen LogP contribution in [0.2, 0.25) is 5.02 Å². The lowest BCUT2D eigenvalue weighted by Gasteiger charge is -2.32. The Morgan fingerprint density at radius 1 is 1.35 bits per heavy atom. The van der Waals surface area contributed by atoms with Crippen LogP contribution in [-0.4, -0.2) is 30.6 Å². The maximum Gasteiger partial charge on any atom is 0.126 e. The Morgan fingerprint density at radius 2 is 2.06 bits per heavy atom. The van der Waals surface area contributed by atoms with Gasteiger partial charge in [0.25, 0.3) is 0 Å². The van der Waals surface area contributed by atoms with Gasteiger partial charge in [0.1, 0.15) is 5.82 Å². The summed E-state index contributed by atoms with van der Waals surface area (Å²) < 4.78 is 13.2. The van der Waals surface area contributed by atoms with Crippen LogP contribution in [0.15, 0.2) is 18.2 Å². The fourth-order valence-electron chi connectivity index (χ4n) is 2.27. The average Bonchev–Trinajstić information content (AvgIpc) is 2.28. The first-order valence-corrected chi connectivity index (χ1v) is 6.50. The number of likely N-dealkylation sites (tertiary alicyclic amines) is 1. The van der Waals surface area contributed by atoms with Crippen LogP contribution < -0.4 is 5.32 Å². The number of benzene rings is 1. The number of halogens is 2. The summed E-state index contributed by atoms with van der Waals surface area (Å²) in [6.07, 6.45) is 2.20. The fraction of sp³-hybridized carbons (Fsp3) is 0.538. The molecule has 0 amide bonds. The van der Waals surface area contributed by atoms with E-state index in [4.69, 9.17) is 11.6 Å². The fourth-order valence-corrected chi connectivity index (χ4v) is 2.49. The van der Waals surface area contributed by atoms with Crippen molar-refractivity contribution in [2.45, 2.75) is 25.8 Å². The molecule has 0 atom stereocenters. The minimum absolute atomic E-state index is 0.286. The molecule has 1 aromatic carbocycles. The summed E-state index contributed by atoms with van der Waals surface area (Å²) >= 11 is 5.83. The van der Waals surface area contributed by atoms with E-state index in [-0.39, 0.29) is 5.82 Å². The highest BCUT2D eigenvalue weighted by molar-refractivity contribution is 6.30. The van der Waals surface area contributed by atoms with E-state index in [1.165, 1.54) is 12.1 Å². The average molecular weight is 257 g/mol. The van der Waals surface area contributed by atoms with Crippen LogP contribution in [0.5, 0.6) is 0 Å². The van der Waals surface area contributed by atoms with Crippen LogP contribution in [-0.2, 0) is 0 Å². The molecule has 2 rings (SSSR count). The smallest absolute Gasteiger partial charge is 0.126 e. The molecule has 0 unspecified atom stereocenters. The molecule has 0 saturated carbocycles. The van der Waals surface area contributed by atoms with Gasteiger partial charge >= 0.3 is 0 Å². The molecule has 0 aliphatic carbocycles. The normalized spacial score (nSPS) is 18.3. The van der Waals surface area contributed by atoms with E-state index in [1.54, 1.807) is 6.07 Å².